The van der Waals surface area contributed by atoms with Gasteiger partial charge in [-0.3, -0.25) is 9.59 Å². The summed E-state index contributed by atoms with van der Waals surface area (Å²) in [6.07, 6.45) is 1.87. The first-order valence-electron chi connectivity index (χ1n) is 8.04. The molecule has 0 aromatic heterocycles. The maximum absolute atomic E-state index is 12.4. The number of hydrogen-bond donors (Lipinski definition) is 2. The number of carboxylic acid groups (broad SMARTS) is 1. The lowest BCUT2D eigenvalue weighted by Gasteiger charge is -2.25. The summed E-state index contributed by atoms with van der Waals surface area (Å²) in [5.41, 5.74) is 0.430. The van der Waals surface area contributed by atoms with Gasteiger partial charge in [0, 0.05) is 6.04 Å². The molecule has 1 aromatic carbocycles. The molecule has 1 saturated carbocycles. The molecule has 0 bridgehead atoms. The van der Waals surface area contributed by atoms with Gasteiger partial charge in [0.25, 0.3) is 0 Å². The van der Waals surface area contributed by atoms with Crippen LogP contribution in [0.3, 0.4) is 0 Å². The Morgan fingerprint density at radius 2 is 1.96 bits per heavy atom. The lowest BCUT2D eigenvalue weighted by atomic mass is 9.93. The van der Waals surface area contributed by atoms with Gasteiger partial charge >= 0.3 is 5.97 Å². The van der Waals surface area contributed by atoms with E-state index in [9.17, 15) is 9.59 Å². The predicted molar refractivity (Wildman–Crippen MR) is 86.8 cm³/mol. The van der Waals surface area contributed by atoms with Gasteiger partial charge in [-0.25, -0.2) is 0 Å². The van der Waals surface area contributed by atoms with Crippen LogP contribution in [0.4, 0.5) is 0 Å². The van der Waals surface area contributed by atoms with Crippen molar-refractivity contribution >= 4 is 11.9 Å². The van der Waals surface area contributed by atoms with Crippen molar-refractivity contribution in [2.24, 2.45) is 11.3 Å². The average molecular weight is 319 g/mol. The fourth-order valence-electron chi connectivity index (χ4n) is 2.78. The lowest BCUT2D eigenvalue weighted by molar-refractivity contribution is -0.141. The molecule has 0 radical (unpaired) electrons. The van der Waals surface area contributed by atoms with Crippen molar-refractivity contribution in [3.63, 3.8) is 0 Å². The molecule has 0 spiro atoms. The highest BCUT2D eigenvalue weighted by Crippen LogP contribution is 2.27. The molecule has 1 amide bonds. The Hall–Kier alpha value is -1.88. The lowest BCUT2D eigenvalue weighted by Crippen LogP contribution is -2.44. The molecular formula is C18H25NO4. The van der Waals surface area contributed by atoms with E-state index >= 15 is 0 Å². The van der Waals surface area contributed by atoms with Crippen LogP contribution in [0.15, 0.2) is 30.3 Å². The van der Waals surface area contributed by atoms with Crippen molar-refractivity contribution in [2.45, 2.75) is 45.8 Å². The molecule has 1 aliphatic carbocycles. The summed E-state index contributed by atoms with van der Waals surface area (Å²) in [4.78, 5) is 23.4. The number of carbonyl (C=O) groups is 2. The van der Waals surface area contributed by atoms with Gasteiger partial charge in [-0.1, -0.05) is 30.3 Å². The van der Waals surface area contributed by atoms with Crippen molar-refractivity contribution < 1.29 is 19.4 Å². The number of aliphatic carboxylic acids is 1. The monoisotopic (exact) mass is 319 g/mol. The summed E-state index contributed by atoms with van der Waals surface area (Å²) in [5, 5.41) is 12.0. The SMILES string of the molecule is CC(C)(COCc1ccccc1)C(=O)N[C@H]1CC[C@@H](C(=O)O)C1. The molecule has 23 heavy (non-hydrogen) atoms. The minimum atomic E-state index is -0.771. The zero-order valence-electron chi connectivity index (χ0n) is 13.7. The second-order valence-electron chi connectivity index (χ2n) is 6.88. The van der Waals surface area contributed by atoms with Gasteiger partial charge in [-0.15, -0.1) is 0 Å². The van der Waals surface area contributed by atoms with E-state index in [0.29, 0.717) is 26.1 Å². The van der Waals surface area contributed by atoms with Crippen LogP contribution in [0.25, 0.3) is 0 Å². The highest BCUT2D eigenvalue weighted by atomic mass is 16.5. The summed E-state index contributed by atoms with van der Waals surface area (Å²) < 4.78 is 5.67. The summed E-state index contributed by atoms with van der Waals surface area (Å²) in [5.74, 6) is -1.19. The summed E-state index contributed by atoms with van der Waals surface area (Å²) >= 11 is 0. The normalized spacial score (nSPS) is 21.1. The quantitative estimate of drug-likeness (QED) is 0.810. The third-order valence-electron chi connectivity index (χ3n) is 4.31. The van der Waals surface area contributed by atoms with Gasteiger partial charge in [-0.2, -0.15) is 0 Å². The van der Waals surface area contributed by atoms with Crippen LogP contribution in [0.2, 0.25) is 0 Å². The minimum Gasteiger partial charge on any atom is -0.481 e. The van der Waals surface area contributed by atoms with Crippen molar-refractivity contribution in [1.82, 2.24) is 5.32 Å². The van der Waals surface area contributed by atoms with Crippen LogP contribution in [0.1, 0.15) is 38.7 Å². The van der Waals surface area contributed by atoms with Crippen LogP contribution < -0.4 is 5.32 Å². The number of carboxylic acids is 1. The Balaban J connectivity index is 1.77. The van der Waals surface area contributed by atoms with Gasteiger partial charge in [0.2, 0.25) is 5.91 Å². The molecule has 5 nitrogen and oxygen atoms in total. The van der Waals surface area contributed by atoms with E-state index in [4.69, 9.17) is 9.84 Å². The second-order valence-corrected chi connectivity index (χ2v) is 6.88. The number of carbonyl (C=O) groups excluding carboxylic acids is 1. The van der Waals surface area contributed by atoms with Gasteiger partial charge in [-0.05, 0) is 38.7 Å². The summed E-state index contributed by atoms with van der Waals surface area (Å²) in [7, 11) is 0. The molecule has 0 saturated heterocycles. The standard InChI is InChI=1S/C18H25NO4/c1-18(2,12-23-11-13-6-4-3-5-7-13)17(22)19-15-9-8-14(10-15)16(20)21/h3-7,14-15H,8-12H2,1-2H3,(H,19,22)(H,20,21)/t14-,15+/m1/s1. The van der Waals surface area contributed by atoms with Crippen LogP contribution in [-0.4, -0.2) is 29.6 Å². The molecule has 2 N–H and O–H groups in total. The molecule has 126 valence electrons. The first-order chi connectivity index (χ1) is 10.9. The van der Waals surface area contributed by atoms with E-state index in [1.54, 1.807) is 0 Å². The van der Waals surface area contributed by atoms with E-state index in [0.717, 1.165) is 12.0 Å². The second kappa shape index (κ2) is 7.59. The molecule has 2 atom stereocenters. The Labute approximate surface area is 137 Å². The van der Waals surface area contributed by atoms with E-state index in [1.807, 2.05) is 44.2 Å². The third-order valence-corrected chi connectivity index (χ3v) is 4.31. The highest BCUT2D eigenvalue weighted by Gasteiger charge is 2.34. The van der Waals surface area contributed by atoms with Crippen LogP contribution in [-0.2, 0) is 20.9 Å². The molecule has 1 aliphatic rings. The number of ether oxygens (including phenoxy) is 1. The van der Waals surface area contributed by atoms with Gasteiger partial charge in [0.1, 0.15) is 0 Å². The first kappa shape index (κ1) is 17.5. The third kappa shape index (κ3) is 5.06. The maximum Gasteiger partial charge on any atom is 0.306 e. The Kier molecular flexibility index (Phi) is 5.77. The summed E-state index contributed by atoms with van der Waals surface area (Å²) in [6, 6.07) is 9.78. The molecule has 2 rings (SSSR count). The number of rotatable bonds is 7. The predicted octanol–water partition coefficient (Wildman–Crippen LogP) is 2.60. The molecule has 0 unspecified atom stereocenters. The van der Waals surface area contributed by atoms with Crippen LogP contribution in [0.5, 0.6) is 0 Å². The zero-order valence-corrected chi connectivity index (χ0v) is 13.7. The van der Waals surface area contributed by atoms with E-state index in [2.05, 4.69) is 5.32 Å². The van der Waals surface area contributed by atoms with Crippen LogP contribution in [0, 0.1) is 11.3 Å². The first-order valence-corrected chi connectivity index (χ1v) is 8.04. The largest absolute Gasteiger partial charge is 0.481 e. The van der Waals surface area contributed by atoms with E-state index < -0.39 is 11.4 Å². The van der Waals surface area contributed by atoms with Gasteiger partial charge in [0.15, 0.2) is 0 Å². The highest BCUT2D eigenvalue weighted by molar-refractivity contribution is 5.82. The fourth-order valence-corrected chi connectivity index (χ4v) is 2.78. The van der Waals surface area contributed by atoms with E-state index in [1.165, 1.54) is 0 Å². The minimum absolute atomic E-state index is 0.0444. The Morgan fingerprint density at radius 1 is 1.26 bits per heavy atom. The molecular weight excluding hydrogens is 294 g/mol. The topological polar surface area (TPSA) is 75.6 Å². The fraction of sp³-hybridized carbons (Fsp3) is 0.556. The molecule has 0 heterocycles. The van der Waals surface area contributed by atoms with Crippen molar-refractivity contribution in [3.8, 4) is 0 Å². The van der Waals surface area contributed by atoms with Crippen LogP contribution >= 0.6 is 0 Å². The Bertz CT molecular complexity index is 541. The molecule has 1 fully saturated rings. The number of nitrogens with one attached hydrogen (secondary N) is 1. The molecule has 0 aliphatic heterocycles. The van der Waals surface area contributed by atoms with Crippen molar-refractivity contribution in [3.05, 3.63) is 35.9 Å². The van der Waals surface area contributed by atoms with Crippen molar-refractivity contribution in [1.29, 1.82) is 0 Å². The molecule has 5 heteroatoms. The summed E-state index contributed by atoms with van der Waals surface area (Å²) in [6.45, 7) is 4.48. The average Bonchev–Trinajstić information content (AvgIpc) is 2.97. The molecule has 1 aromatic rings. The van der Waals surface area contributed by atoms with Gasteiger partial charge in [0.05, 0.1) is 24.5 Å². The number of hydrogen-bond acceptors (Lipinski definition) is 3. The van der Waals surface area contributed by atoms with Gasteiger partial charge < -0.3 is 15.2 Å². The zero-order chi connectivity index (χ0) is 16.9. The Morgan fingerprint density at radius 3 is 2.57 bits per heavy atom. The smallest absolute Gasteiger partial charge is 0.306 e. The number of amides is 1. The number of benzene rings is 1. The van der Waals surface area contributed by atoms with E-state index in [-0.39, 0.29) is 17.9 Å². The van der Waals surface area contributed by atoms with Crippen molar-refractivity contribution in [2.75, 3.05) is 6.61 Å². The maximum atomic E-state index is 12.4.